The number of amides is 1. The Hall–Kier alpha value is -4.26. The van der Waals surface area contributed by atoms with E-state index in [0.29, 0.717) is 29.2 Å². The first-order valence-electron chi connectivity index (χ1n) is 10.9. The Balaban J connectivity index is 1.67. The lowest BCUT2D eigenvalue weighted by Crippen LogP contribution is -2.24. The third-order valence-electron chi connectivity index (χ3n) is 5.89. The van der Waals surface area contributed by atoms with Gasteiger partial charge < -0.3 is 23.3 Å². The van der Waals surface area contributed by atoms with Crippen LogP contribution in [0.5, 0.6) is 5.75 Å². The van der Waals surface area contributed by atoms with Crippen LogP contribution >= 0.6 is 0 Å². The smallest absolute Gasteiger partial charge is 0.336 e. The van der Waals surface area contributed by atoms with Crippen LogP contribution in [0.1, 0.15) is 22.5 Å². The molecule has 34 heavy (non-hydrogen) atoms. The lowest BCUT2D eigenvalue weighted by Gasteiger charge is -2.07. The van der Waals surface area contributed by atoms with Gasteiger partial charge in [-0.05, 0) is 67.4 Å². The maximum Gasteiger partial charge on any atom is 0.336 e. The third-order valence-corrected chi connectivity index (χ3v) is 5.89. The number of aryl methyl sites for hydroxylation is 2. The third kappa shape index (κ3) is 3.85. The van der Waals surface area contributed by atoms with Gasteiger partial charge in [-0.2, -0.15) is 0 Å². The van der Waals surface area contributed by atoms with Gasteiger partial charge in [-0.1, -0.05) is 0 Å². The molecule has 0 saturated heterocycles. The van der Waals surface area contributed by atoms with Gasteiger partial charge in [0.2, 0.25) is 5.91 Å². The van der Waals surface area contributed by atoms with E-state index in [1.165, 1.54) is 6.07 Å². The maximum absolute atomic E-state index is 12.9. The minimum atomic E-state index is -0.414. The highest BCUT2D eigenvalue weighted by Gasteiger charge is 2.23. The molecule has 0 aliphatic carbocycles. The van der Waals surface area contributed by atoms with Crippen molar-refractivity contribution in [3.8, 4) is 17.1 Å². The minimum Gasteiger partial charge on any atom is -0.497 e. The molecule has 0 fully saturated rings. The van der Waals surface area contributed by atoms with Crippen molar-refractivity contribution in [3.63, 3.8) is 0 Å². The Morgan fingerprint density at radius 2 is 1.76 bits per heavy atom. The van der Waals surface area contributed by atoms with E-state index in [9.17, 15) is 9.59 Å². The monoisotopic (exact) mass is 457 g/mol. The number of methoxy groups -OCH3 is 1. The number of rotatable bonds is 6. The molecule has 5 rings (SSSR count). The fourth-order valence-electron chi connectivity index (χ4n) is 4.32. The van der Waals surface area contributed by atoms with Crippen LogP contribution in [0.3, 0.4) is 0 Å². The van der Waals surface area contributed by atoms with Crippen molar-refractivity contribution in [3.05, 3.63) is 87.7 Å². The molecule has 2 aromatic carbocycles. The summed E-state index contributed by atoms with van der Waals surface area (Å²) in [5, 5.41) is 4.46. The van der Waals surface area contributed by atoms with Crippen LogP contribution in [0.4, 0.5) is 0 Å². The van der Waals surface area contributed by atoms with Crippen molar-refractivity contribution >= 4 is 27.8 Å². The van der Waals surface area contributed by atoms with Crippen molar-refractivity contribution in [1.29, 1.82) is 0 Å². The summed E-state index contributed by atoms with van der Waals surface area (Å²) >= 11 is 0. The van der Waals surface area contributed by atoms with Crippen molar-refractivity contribution in [2.75, 3.05) is 7.11 Å². The minimum absolute atomic E-state index is 0.108. The number of furan rings is 2. The summed E-state index contributed by atoms with van der Waals surface area (Å²) in [6.07, 6.45) is 1.68. The number of fused-ring (bicyclic) bond motifs is 3. The van der Waals surface area contributed by atoms with Crippen molar-refractivity contribution in [1.82, 2.24) is 5.32 Å². The number of ether oxygens (including phenoxy) is 1. The molecule has 0 unspecified atom stereocenters. The molecule has 0 aliphatic rings. The molecular formula is C27H23NO6. The molecule has 1 N–H and O–H groups in total. The van der Waals surface area contributed by atoms with Crippen LogP contribution in [-0.2, 0) is 17.8 Å². The topological polar surface area (TPSA) is 94.8 Å². The van der Waals surface area contributed by atoms with E-state index in [4.69, 9.17) is 18.0 Å². The number of hydrogen-bond donors (Lipinski definition) is 1. The highest BCUT2D eigenvalue weighted by Crippen LogP contribution is 2.40. The predicted octanol–water partition coefficient (Wildman–Crippen LogP) is 5.28. The van der Waals surface area contributed by atoms with Crippen LogP contribution in [-0.4, -0.2) is 13.0 Å². The first kappa shape index (κ1) is 21.6. The van der Waals surface area contributed by atoms with E-state index in [2.05, 4.69) is 5.32 Å². The van der Waals surface area contributed by atoms with Crippen LogP contribution in [0.15, 0.2) is 72.8 Å². The summed E-state index contributed by atoms with van der Waals surface area (Å²) < 4.78 is 22.5. The molecule has 1 amide bonds. The van der Waals surface area contributed by atoms with Gasteiger partial charge in [0.1, 0.15) is 28.4 Å². The Kier molecular flexibility index (Phi) is 5.45. The standard InChI is InChI=1S/C27H23NO6/c1-15-11-21-25(16(2)12-23(30)33-21)27-24(15)20(13-22(29)28-14-19-5-4-10-32-19)26(34-27)17-6-8-18(31-3)9-7-17/h4-12H,13-14H2,1-3H3,(H,28,29). The molecular weight excluding hydrogens is 434 g/mol. The zero-order chi connectivity index (χ0) is 23.8. The van der Waals surface area contributed by atoms with Crippen LogP contribution in [0, 0.1) is 13.8 Å². The number of carbonyl (C=O) groups is 1. The van der Waals surface area contributed by atoms with Gasteiger partial charge in [-0.3, -0.25) is 4.79 Å². The quantitative estimate of drug-likeness (QED) is 0.349. The van der Waals surface area contributed by atoms with Crippen molar-refractivity contribution < 1.29 is 22.8 Å². The molecule has 172 valence electrons. The highest BCUT2D eigenvalue weighted by atomic mass is 16.5. The second kappa shape index (κ2) is 8.59. The van der Waals surface area contributed by atoms with E-state index in [0.717, 1.165) is 38.8 Å². The molecule has 3 aromatic heterocycles. The fourth-order valence-corrected chi connectivity index (χ4v) is 4.32. The summed E-state index contributed by atoms with van der Waals surface area (Å²) in [4.78, 5) is 24.9. The molecule has 0 radical (unpaired) electrons. The SMILES string of the molecule is COc1ccc(-c2oc3c(c(C)cc4oc(=O)cc(C)c43)c2CC(=O)NCc2ccco2)cc1. The normalized spacial score (nSPS) is 11.3. The molecule has 0 aliphatic heterocycles. The summed E-state index contributed by atoms with van der Waals surface area (Å²) in [6.45, 7) is 4.06. The van der Waals surface area contributed by atoms with Crippen LogP contribution in [0.2, 0.25) is 0 Å². The first-order valence-corrected chi connectivity index (χ1v) is 10.9. The van der Waals surface area contributed by atoms with E-state index >= 15 is 0 Å². The van der Waals surface area contributed by atoms with Gasteiger partial charge >= 0.3 is 5.63 Å². The van der Waals surface area contributed by atoms with Gasteiger partial charge in [0.05, 0.1) is 31.7 Å². The van der Waals surface area contributed by atoms with E-state index in [-0.39, 0.29) is 12.3 Å². The number of carbonyl (C=O) groups excluding carboxylic acids is 1. The maximum atomic E-state index is 12.9. The number of nitrogens with one attached hydrogen (secondary N) is 1. The molecule has 7 nitrogen and oxygen atoms in total. The Bertz CT molecular complexity index is 1560. The van der Waals surface area contributed by atoms with E-state index in [1.807, 2.05) is 50.2 Å². The Morgan fingerprint density at radius 1 is 1.00 bits per heavy atom. The molecule has 7 heteroatoms. The number of hydrogen-bond acceptors (Lipinski definition) is 6. The number of benzene rings is 2. The molecule has 0 bridgehead atoms. The lowest BCUT2D eigenvalue weighted by atomic mass is 9.97. The highest BCUT2D eigenvalue weighted by molar-refractivity contribution is 6.09. The largest absolute Gasteiger partial charge is 0.497 e. The van der Waals surface area contributed by atoms with E-state index < -0.39 is 5.63 Å². The van der Waals surface area contributed by atoms with Crippen LogP contribution in [0.25, 0.3) is 33.3 Å². The van der Waals surface area contributed by atoms with Gasteiger partial charge in [-0.25, -0.2) is 4.79 Å². The molecule has 0 spiro atoms. The van der Waals surface area contributed by atoms with E-state index in [1.54, 1.807) is 19.4 Å². The Labute approximate surface area is 194 Å². The summed E-state index contributed by atoms with van der Waals surface area (Å²) in [5.41, 5.74) is 3.82. The average molecular weight is 457 g/mol. The summed E-state index contributed by atoms with van der Waals surface area (Å²) in [5.74, 6) is 1.82. The van der Waals surface area contributed by atoms with Crippen molar-refractivity contribution in [2.45, 2.75) is 26.8 Å². The summed E-state index contributed by atoms with van der Waals surface area (Å²) in [6, 6.07) is 14.3. The summed E-state index contributed by atoms with van der Waals surface area (Å²) in [7, 11) is 1.61. The first-order chi connectivity index (χ1) is 16.4. The predicted molar refractivity (Wildman–Crippen MR) is 128 cm³/mol. The Morgan fingerprint density at radius 3 is 2.47 bits per heavy atom. The fraction of sp³-hybridized carbons (Fsp3) is 0.185. The second-order valence-electron chi connectivity index (χ2n) is 8.19. The molecule has 0 saturated carbocycles. The second-order valence-corrected chi connectivity index (χ2v) is 8.19. The lowest BCUT2D eigenvalue weighted by molar-refractivity contribution is -0.120. The van der Waals surface area contributed by atoms with Gasteiger partial charge in [0, 0.05) is 22.6 Å². The molecule has 3 heterocycles. The molecule has 5 aromatic rings. The van der Waals surface area contributed by atoms with Crippen LogP contribution < -0.4 is 15.7 Å². The zero-order valence-corrected chi connectivity index (χ0v) is 19.1. The average Bonchev–Trinajstić information content (AvgIpc) is 3.46. The van der Waals surface area contributed by atoms with Gasteiger partial charge in [0.25, 0.3) is 0 Å². The molecule has 0 atom stereocenters. The van der Waals surface area contributed by atoms with Gasteiger partial charge in [0.15, 0.2) is 0 Å². The van der Waals surface area contributed by atoms with Crippen molar-refractivity contribution in [2.24, 2.45) is 0 Å². The zero-order valence-electron chi connectivity index (χ0n) is 19.1. The van der Waals surface area contributed by atoms with Gasteiger partial charge in [-0.15, -0.1) is 0 Å².